The second-order valence-electron chi connectivity index (χ2n) is 14.7. The maximum atomic E-state index is 6.69. The van der Waals surface area contributed by atoms with Gasteiger partial charge in [-0.15, -0.1) is 0 Å². The largest absolute Gasteiger partial charge is 0.457 e. The topological polar surface area (TPSA) is 70.5 Å². The second-order valence-corrected chi connectivity index (χ2v) is 14.7. The van der Waals surface area contributed by atoms with Crippen LogP contribution in [0.15, 0.2) is 109 Å². The SMILES string of the molecule is Cc1cc(C2(c3ccc(Oc4ccc(N)c(C)c4C(C)C)c(C)c3)c3ccccc3-c3ccccc32)ccc1Oc1ccc(N)c(C)c1C(C)C. The van der Waals surface area contributed by atoms with E-state index in [0.29, 0.717) is 0 Å². The Balaban J connectivity index is 1.38. The molecule has 0 fully saturated rings. The van der Waals surface area contributed by atoms with E-state index in [4.69, 9.17) is 20.9 Å². The molecule has 0 amide bonds. The standard InChI is InChI=1S/C47H48N2O2/c1-27(2)45-31(7)39(48)19-23-43(45)50-41-21-17-33(25-29(41)5)47(37-15-11-9-13-35(37)36-14-10-12-16-38(36)47)34-18-22-42(30(6)26-34)51-44-24-20-40(49)32(8)46(44)28(3)4/h9-28H,48-49H2,1-8H3. The molecule has 4 N–H and O–H groups in total. The highest BCUT2D eigenvalue weighted by atomic mass is 16.5. The highest BCUT2D eigenvalue weighted by Crippen LogP contribution is 2.57. The van der Waals surface area contributed by atoms with Gasteiger partial charge < -0.3 is 20.9 Å². The molecular weight excluding hydrogens is 625 g/mol. The van der Waals surface area contributed by atoms with Crippen molar-refractivity contribution in [1.82, 2.24) is 0 Å². The molecule has 1 aliphatic rings. The summed E-state index contributed by atoms with van der Waals surface area (Å²) in [5.74, 6) is 3.91. The third kappa shape index (κ3) is 5.54. The van der Waals surface area contributed by atoms with Crippen LogP contribution in [-0.2, 0) is 5.41 Å². The minimum absolute atomic E-state index is 0.272. The van der Waals surface area contributed by atoms with Gasteiger partial charge in [-0.05, 0) is 132 Å². The molecule has 7 rings (SSSR count). The summed E-state index contributed by atoms with van der Waals surface area (Å²) in [5, 5.41) is 0. The van der Waals surface area contributed by atoms with Gasteiger partial charge in [0.25, 0.3) is 0 Å². The van der Waals surface area contributed by atoms with E-state index in [1.165, 1.54) is 33.4 Å². The number of benzene rings is 6. The van der Waals surface area contributed by atoms with Gasteiger partial charge in [0.2, 0.25) is 0 Å². The van der Waals surface area contributed by atoms with Gasteiger partial charge in [-0.2, -0.15) is 0 Å². The zero-order chi connectivity index (χ0) is 36.2. The summed E-state index contributed by atoms with van der Waals surface area (Å²) in [7, 11) is 0. The lowest BCUT2D eigenvalue weighted by Gasteiger charge is -2.35. The zero-order valence-corrected chi connectivity index (χ0v) is 31.0. The zero-order valence-electron chi connectivity index (χ0n) is 31.0. The minimum atomic E-state index is -0.554. The molecule has 0 aromatic heterocycles. The smallest absolute Gasteiger partial charge is 0.131 e. The fourth-order valence-corrected chi connectivity index (χ4v) is 8.31. The summed E-state index contributed by atoms with van der Waals surface area (Å²) in [6.45, 7) is 17.2. The van der Waals surface area contributed by atoms with Crippen molar-refractivity contribution in [3.05, 3.63) is 165 Å². The molecular formula is C47H48N2O2. The molecule has 51 heavy (non-hydrogen) atoms. The van der Waals surface area contributed by atoms with Gasteiger partial charge >= 0.3 is 0 Å². The molecule has 0 spiro atoms. The number of ether oxygens (including phenoxy) is 2. The lowest BCUT2D eigenvalue weighted by molar-refractivity contribution is 0.468. The third-order valence-electron chi connectivity index (χ3n) is 10.8. The highest BCUT2D eigenvalue weighted by molar-refractivity contribution is 5.86. The van der Waals surface area contributed by atoms with Gasteiger partial charge in [-0.25, -0.2) is 0 Å². The predicted octanol–water partition coefficient (Wildman–Crippen LogP) is 12.3. The predicted molar refractivity (Wildman–Crippen MR) is 213 cm³/mol. The lowest BCUT2D eigenvalue weighted by Crippen LogP contribution is -2.28. The Morgan fingerprint density at radius 3 is 1.22 bits per heavy atom. The molecule has 0 heterocycles. The molecule has 0 atom stereocenters. The van der Waals surface area contributed by atoms with Crippen LogP contribution in [-0.4, -0.2) is 0 Å². The van der Waals surface area contributed by atoms with E-state index in [1.807, 2.05) is 24.3 Å². The van der Waals surface area contributed by atoms with E-state index in [0.717, 1.165) is 67.8 Å². The summed E-state index contributed by atoms with van der Waals surface area (Å²) in [5.41, 5.74) is 27.6. The summed E-state index contributed by atoms with van der Waals surface area (Å²) >= 11 is 0. The van der Waals surface area contributed by atoms with E-state index in [2.05, 4.69) is 140 Å². The van der Waals surface area contributed by atoms with Gasteiger partial charge in [0.15, 0.2) is 0 Å². The first-order chi connectivity index (χ1) is 24.4. The van der Waals surface area contributed by atoms with E-state index in [9.17, 15) is 0 Å². The molecule has 6 aromatic rings. The molecule has 0 saturated heterocycles. The Hall–Kier alpha value is -5.48. The van der Waals surface area contributed by atoms with Crippen LogP contribution in [0.4, 0.5) is 11.4 Å². The molecule has 0 radical (unpaired) electrons. The fourth-order valence-electron chi connectivity index (χ4n) is 8.31. The fraction of sp³-hybridized carbons (Fsp3) is 0.234. The number of nitrogens with two attached hydrogens (primary N) is 2. The van der Waals surface area contributed by atoms with Gasteiger partial charge in [-0.3, -0.25) is 0 Å². The summed E-state index contributed by atoms with van der Waals surface area (Å²) in [6, 6.07) is 38.9. The van der Waals surface area contributed by atoms with Gasteiger partial charge in [0, 0.05) is 22.5 Å². The summed E-state index contributed by atoms with van der Waals surface area (Å²) in [6.07, 6.45) is 0. The Kier molecular flexibility index (Phi) is 8.67. The first kappa shape index (κ1) is 34.0. The number of hydrogen-bond donors (Lipinski definition) is 2. The monoisotopic (exact) mass is 672 g/mol. The average molecular weight is 673 g/mol. The van der Waals surface area contributed by atoms with Gasteiger partial charge in [0.05, 0.1) is 5.41 Å². The van der Waals surface area contributed by atoms with Crippen LogP contribution in [0.1, 0.15) is 95.2 Å². The molecule has 0 bridgehead atoms. The van der Waals surface area contributed by atoms with Crippen molar-refractivity contribution in [3.63, 3.8) is 0 Å². The Bertz CT molecular complexity index is 2140. The summed E-state index contributed by atoms with van der Waals surface area (Å²) < 4.78 is 13.4. The van der Waals surface area contributed by atoms with E-state index < -0.39 is 5.41 Å². The molecule has 258 valence electrons. The van der Waals surface area contributed by atoms with Gasteiger partial charge in [-0.1, -0.05) is 100 Å². The molecule has 6 aromatic carbocycles. The van der Waals surface area contributed by atoms with Crippen molar-refractivity contribution in [3.8, 4) is 34.1 Å². The summed E-state index contributed by atoms with van der Waals surface area (Å²) in [4.78, 5) is 0. The van der Waals surface area contributed by atoms with Crippen molar-refractivity contribution in [2.24, 2.45) is 0 Å². The maximum absolute atomic E-state index is 6.69. The van der Waals surface area contributed by atoms with Crippen molar-refractivity contribution >= 4 is 11.4 Å². The maximum Gasteiger partial charge on any atom is 0.131 e. The minimum Gasteiger partial charge on any atom is -0.457 e. The van der Waals surface area contributed by atoms with Crippen LogP contribution in [0.3, 0.4) is 0 Å². The lowest BCUT2D eigenvalue weighted by atomic mass is 9.67. The normalized spacial score (nSPS) is 13.0. The highest BCUT2D eigenvalue weighted by Gasteiger charge is 2.46. The molecule has 0 aliphatic heterocycles. The number of aryl methyl sites for hydroxylation is 2. The van der Waals surface area contributed by atoms with Crippen molar-refractivity contribution in [1.29, 1.82) is 0 Å². The Labute approximate surface area is 303 Å². The molecule has 4 nitrogen and oxygen atoms in total. The first-order valence-electron chi connectivity index (χ1n) is 18.0. The molecule has 0 unspecified atom stereocenters. The Morgan fingerprint density at radius 1 is 0.471 bits per heavy atom. The van der Waals surface area contributed by atoms with E-state index in [1.54, 1.807) is 0 Å². The van der Waals surface area contributed by atoms with E-state index in [-0.39, 0.29) is 11.8 Å². The van der Waals surface area contributed by atoms with Crippen LogP contribution in [0.25, 0.3) is 11.1 Å². The number of nitrogen functional groups attached to an aromatic ring is 2. The van der Waals surface area contributed by atoms with Crippen LogP contribution < -0.4 is 20.9 Å². The molecule has 4 heteroatoms. The van der Waals surface area contributed by atoms with E-state index >= 15 is 0 Å². The van der Waals surface area contributed by atoms with Crippen molar-refractivity contribution in [2.75, 3.05) is 11.5 Å². The number of anilines is 2. The van der Waals surface area contributed by atoms with Crippen LogP contribution in [0.5, 0.6) is 23.0 Å². The number of hydrogen-bond acceptors (Lipinski definition) is 4. The number of fused-ring (bicyclic) bond motifs is 3. The van der Waals surface area contributed by atoms with Crippen molar-refractivity contribution in [2.45, 2.75) is 72.6 Å². The molecule has 1 aliphatic carbocycles. The van der Waals surface area contributed by atoms with Crippen LogP contribution in [0.2, 0.25) is 0 Å². The van der Waals surface area contributed by atoms with Crippen LogP contribution in [0, 0.1) is 27.7 Å². The quantitative estimate of drug-likeness (QED) is 0.158. The Morgan fingerprint density at radius 2 is 0.843 bits per heavy atom. The van der Waals surface area contributed by atoms with Crippen LogP contribution >= 0.6 is 0 Å². The molecule has 0 saturated carbocycles. The average Bonchev–Trinajstić information content (AvgIpc) is 3.40. The third-order valence-corrected chi connectivity index (χ3v) is 10.8. The second kappa shape index (κ2) is 13.0. The van der Waals surface area contributed by atoms with Gasteiger partial charge in [0.1, 0.15) is 23.0 Å². The first-order valence-corrected chi connectivity index (χ1v) is 18.0. The number of rotatable bonds is 8. The van der Waals surface area contributed by atoms with Crippen molar-refractivity contribution < 1.29 is 9.47 Å².